The summed E-state index contributed by atoms with van der Waals surface area (Å²) in [6.07, 6.45) is 1.07. The third-order valence-corrected chi connectivity index (χ3v) is 4.39. The van der Waals surface area contributed by atoms with E-state index in [2.05, 4.69) is 24.1 Å². The minimum absolute atomic E-state index is 0.889. The summed E-state index contributed by atoms with van der Waals surface area (Å²) in [5.41, 5.74) is 2.46. The first-order valence-electron chi connectivity index (χ1n) is 6.08. The van der Waals surface area contributed by atoms with Gasteiger partial charge in [0.2, 0.25) is 0 Å². The number of nitrogens with zero attached hydrogens (tertiary/aromatic N) is 2. The second kappa shape index (κ2) is 4.71. The highest BCUT2D eigenvalue weighted by molar-refractivity contribution is 7.15. The van der Waals surface area contributed by atoms with Crippen molar-refractivity contribution < 1.29 is 4.74 Å². The normalized spacial score (nSPS) is 15.4. The highest BCUT2D eigenvalue weighted by atomic mass is 32.1. The van der Waals surface area contributed by atoms with Crippen molar-refractivity contribution in [2.24, 2.45) is 0 Å². The average Bonchev–Trinajstić information content (AvgIpc) is 2.81. The second-order valence-electron chi connectivity index (χ2n) is 4.61. The standard InChI is InChI=1S/C14H16N2OS/c1-16-8-7-12-13(9-16)18-14(15-12)10-3-5-11(17-2)6-4-10/h3-6H,7-9H2,1-2H3. The fraction of sp³-hybridized carbons (Fsp3) is 0.357. The van der Waals surface area contributed by atoms with Crippen molar-refractivity contribution in [3.63, 3.8) is 0 Å². The van der Waals surface area contributed by atoms with Gasteiger partial charge < -0.3 is 9.64 Å². The maximum Gasteiger partial charge on any atom is 0.123 e. The van der Waals surface area contributed by atoms with Crippen molar-refractivity contribution in [3.8, 4) is 16.3 Å². The first-order valence-corrected chi connectivity index (χ1v) is 6.89. The Labute approximate surface area is 111 Å². The Morgan fingerprint density at radius 2 is 2.06 bits per heavy atom. The van der Waals surface area contributed by atoms with Crippen LogP contribution in [0.3, 0.4) is 0 Å². The van der Waals surface area contributed by atoms with Crippen LogP contribution in [0, 0.1) is 0 Å². The Morgan fingerprint density at radius 1 is 1.28 bits per heavy atom. The number of benzene rings is 1. The Morgan fingerprint density at radius 3 is 2.78 bits per heavy atom. The number of likely N-dealkylation sites (N-methyl/N-ethyl adjacent to an activating group) is 1. The van der Waals surface area contributed by atoms with Gasteiger partial charge in [-0.25, -0.2) is 4.98 Å². The number of fused-ring (bicyclic) bond motifs is 1. The van der Waals surface area contributed by atoms with Crippen molar-refractivity contribution in [2.75, 3.05) is 20.7 Å². The summed E-state index contributed by atoms with van der Waals surface area (Å²) in [5, 5.41) is 1.12. The van der Waals surface area contributed by atoms with E-state index in [0.29, 0.717) is 0 Å². The van der Waals surface area contributed by atoms with Crippen LogP contribution in [0.4, 0.5) is 0 Å². The number of thiazole rings is 1. The third-order valence-electron chi connectivity index (χ3n) is 3.26. The fourth-order valence-electron chi connectivity index (χ4n) is 2.18. The SMILES string of the molecule is COc1ccc(-c2nc3c(s2)CN(C)CC3)cc1. The molecule has 0 saturated carbocycles. The smallest absolute Gasteiger partial charge is 0.123 e. The van der Waals surface area contributed by atoms with E-state index in [1.807, 2.05) is 23.5 Å². The molecule has 2 heterocycles. The van der Waals surface area contributed by atoms with Crippen molar-refractivity contribution >= 4 is 11.3 Å². The summed E-state index contributed by atoms with van der Waals surface area (Å²) >= 11 is 1.81. The molecule has 4 heteroatoms. The van der Waals surface area contributed by atoms with Crippen LogP contribution < -0.4 is 4.74 Å². The quantitative estimate of drug-likeness (QED) is 0.830. The number of ether oxygens (including phenoxy) is 1. The Kier molecular flexibility index (Phi) is 3.06. The minimum atomic E-state index is 0.889. The lowest BCUT2D eigenvalue weighted by Crippen LogP contribution is -2.25. The van der Waals surface area contributed by atoms with Crippen LogP contribution in [-0.4, -0.2) is 30.6 Å². The first kappa shape index (κ1) is 11.7. The summed E-state index contributed by atoms with van der Waals surface area (Å²) in [7, 11) is 3.85. The molecule has 18 heavy (non-hydrogen) atoms. The highest BCUT2D eigenvalue weighted by Crippen LogP contribution is 2.31. The molecule has 0 spiro atoms. The topological polar surface area (TPSA) is 25.4 Å². The maximum absolute atomic E-state index is 5.18. The zero-order chi connectivity index (χ0) is 12.5. The molecule has 0 saturated heterocycles. The van der Waals surface area contributed by atoms with Crippen molar-refractivity contribution in [1.82, 2.24) is 9.88 Å². The lowest BCUT2D eigenvalue weighted by Gasteiger charge is -2.20. The molecular weight excluding hydrogens is 244 g/mol. The van der Waals surface area contributed by atoms with E-state index in [4.69, 9.17) is 9.72 Å². The van der Waals surface area contributed by atoms with Gasteiger partial charge in [-0.1, -0.05) is 0 Å². The second-order valence-corrected chi connectivity index (χ2v) is 5.69. The molecule has 0 radical (unpaired) electrons. The lowest BCUT2D eigenvalue weighted by molar-refractivity contribution is 0.314. The number of hydrogen-bond acceptors (Lipinski definition) is 4. The van der Waals surface area contributed by atoms with Gasteiger partial charge in [-0.15, -0.1) is 11.3 Å². The van der Waals surface area contributed by atoms with Crippen LogP contribution in [-0.2, 0) is 13.0 Å². The molecule has 2 aromatic rings. The van der Waals surface area contributed by atoms with E-state index in [1.54, 1.807) is 7.11 Å². The van der Waals surface area contributed by atoms with Gasteiger partial charge in [0, 0.05) is 30.0 Å². The molecule has 0 aliphatic carbocycles. The molecule has 0 amide bonds. The van der Waals surface area contributed by atoms with Gasteiger partial charge in [-0.05, 0) is 31.3 Å². The van der Waals surface area contributed by atoms with Gasteiger partial charge in [0.05, 0.1) is 12.8 Å². The van der Waals surface area contributed by atoms with Crippen LogP contribution in [0.2, 0.25) is 0 Å². The van der Waals surface area contributed by atoms with Crippen LogP contribution in [0.15, 0.2) is 24.3 Å². The van der Waals surface area contributed by atoms with Gasteiger partial charge in [-0.3, -0.25) is 0 Å². The zero-order valence-corrected chi connectivity index (χ0v) is 11.5. The molecule has 0 N–H and O–H groups in total. The van der Waals surface area contributed by atoms with E-state index in [9.17, 15) is 0 Å². The third kappa shape index (κ3) is 2.13. The van der Waals surface area contributed by atoms with E-state index < -0.39 is 0 Å². The molecule has 0 atom stereocenters. The van der Waals surface area contributed by atoms with Crippen molar-refractivity contribution in [1.29, 1.82) is 0 Å². The predicted molar refractivity (Wildman–Crippen MR) is 74.1 cm³/mol. The Hall–Kier alpha value is -1.39. The summed E-state index contributed by atoms with van der Waals surface area (Å²) < 4.78 is 5.18. The summed E-state index contributed by atoms with van der Waals surface area (Å²) in [5.74, 6) is 0.889. The summed E-state index contributed by atoms with van der Waals surface area (Å²) in [6.45, 7) is 2.14. The largest absolute Gasteiger partial charge is 0.497 e. The maximum atomic E-state index is 5.18. The van der Waals surface area contributed by atoms with Crippen molar-refractivity contribution in [2.45, 2.75) is 13.0 Å². The predicted octanol–water partition coefficient (Wildman–Crippen LogP) is 2.81. The number of methoxy groups -OCH3 is 1. The highest BCUT2D eigenvalue weighted by Gasteiger charge is 2.18. The van der Waals surface area contributed by atoms with Crippen LogP contribution in [0.25, 0.3) is 10.6 Å². The number of aromatic nitrogens is 1. The molecule has 1 aliphatic heterocycles. The molecule has 94 valence electrons. The van der Waals surface area contributed by atoms with Crippen LogP contribution >= 0.6 is 11.3 Å². The van der Waals surface area contributed by atoms with Crippen molar-refractivity contribution in [3.05, 3.63) is 34.8 Å². The Bertz CT molecular complexity index is 547. The zero-order valence-electron chi connectivity index (χ0n) is 10.6. The van der Waals surface area contributed by atoms with Gasteiger partial charge >= 0.3 is 0 Å². The molecule has 0 fully saturated rings. The first-order chi connectivity index (χ1) is 8.76. The molecule has 1 aromatic carbocycles. The fourth-order valence-corrected chi connectivity index (χ4v) is 3.37. The van der Waals surface area contributed by atoms with Gasteiger partial charge in [0.1, 0.15) is 10.8 Å². The molecule has 1 aliphatic rings. The Balaban J connectivity index is 1.92. The monoisotopic (exact) mass is 260 g/mol. The van der Waals surface area contributed by atoms with Gasteiger partial charge in [-0.2, -0.15) is 0 Å². The molecule has 0 bridgehead atoms. The summed E-state index contributed by atoms with van der Waals surface area (Å²) in [6, 6.07) is 8.13. The average molecular weight is 260 g/mol. The molecule has 1 aromatic heterocycles. The minimum Gasteiger partial charge on any atom is -0.497 e. The molecule has 0 unspecified atom stereocenters. The van der Waals surface area contributed by atoms with Crippen LogP contribution in [0.1, 0.15) is 10.6 Å². The summed E-state index contributed by atoms with van der Waals surface area (Å²) in [4.78, 5) is 8.52. The van der Waals surface area contributed by atoms with Gasteiger partial charge in [0.25, 0.3) is 0 Å². The van der Waals surface area contributed by atoms with Crippen LogP contribution in [0.5, 0.6) is 5.75 Å². The van der Waals surface area contributed by atoms with E-state index in [0.717, 1.165) is 30.3 Å². The number of rotatable bonds is 2. The molecule has 3 rings (SSSR count). The molecule has 3 nitrogen and oxygen atoms in total. The molecular formula is C14H16N2OS. The van der Waals surface area contributed by atoms with E-state index in [-0.39, 0.29) is 0 Å². The van der Waals surface area contributed by atoms with E-state index >= 15 is 0 Å². The lowest BCUT2D eigenvalue weighted by atomic mass is 10.2. The number of hydrogen-bond donors (Lipinski definition) is 0. The van der Waals surface area contributed by atoms with E-state index in [1.165, 1.54) is 16.1 Å². The van der Waals surface area contributed by atoms with Gasteiger partial charge in [0.15, 0.2) is 0 Å².